The van der Waals surface area contributed by atoms with E-state index in [1.54, 1.807) is 6.92 Å². The van der Waals surface area contributed by atoms with Crippen LogP contribution in [0.15, 0.2) is 36.4 Å². The first-order valence-electron chi connectivity index (χ1n) is 9.35. The molecular weight excluding hydrogens is 338 g/mol. The number of amides is 2. The second-order valence-electron chi connectivity index (χ2n) is 8.11. The quantitative estimate of drug-likeness (QED) is 0.868. The van der Waals surface area contributed by atoms with Gasteiger partial charge in [0.2, 0.25) is 11.8 Å². The molecule has 0 fully saturated rings. The Kier molecular flexibility index (Phi) is 3.98. The number of rotatable bonds is 3. The lowest BCUT2D eigenvalue weighted by atomic mass is 9.85. The van der Waals surface area contributed by atoms with E-state index in [1.807, 2.05) is 24.8 Å². The van der Waals surface area contributed by atoms with Crippen molar-refractivity contribution < 1.29 is 9.59 Å². The van der Waals surface area contributed by atoms with Crippen LogP contribution in [0.1, 0.15) is 56.0 Å². The third-order valence-corrected chi connectivity index (χ3v) is 5.79. The fraction of sp³-hybridized carbons (Fsp3) is 0.364. The van der Waals surface area contributed by atoms with E-state index in [9.17, 15) is 9.59 Å². The Hall–Kier alpha value is -2.82. The molecule has 4 rings (SSSR count). The number of hydrogen-bond acceptors (Lipinski definition) is 3. The molecule has 0 aliphatic carbocycles. The van der Waals surface area contributed by atoms with Crippen molar-refractivity contribution in [2.45, 2.75) is 52.2 Å². The number of carbonyl (C=O) groups excluding carboxylic acids is 2. The molecule has 2 aromatic rings. The van der Waals surface area contributed by atoms with Crippen LogP contribution in [0.5, 0.6) is 0 Å². The molecule has 0 spiro atoms. The van der Waals surface area contributed by atoms with E-state index in [0.717, 1.165) is 22.5 Å². The lowest BCUT2D eigenvalue weighted by Gasteiger charge is -2.20. The van der Waals surface area contributed by atoms with Crippen LogP contribution in [0.25, 0.3) is 0 Å². The van der Waals surface area contributed by atoms with Crippen molar-refractivity contribution >= 4 is 23.2 Å². The lowest BCUT2D eigenvalue weighted by Crippen LogP contribution is -2.27. The first-order valence-corrected chi connectivity index (χ1v) is 9.35. The molecule has 2 aliphatic heterocycles. The van der Waals surface area contributed by atoms with Gasteiger partial charge in [-0.15, -0.1) is 0 Å². The van der Waals surface area contributed by atoms with Gasteiger partial charge in [-0.25, -0.2) is 0 Å². The van der Waals surface area contributed by atoms with Crippen molar-refractivity contribution in [1.29, 1.82) is 0 Å². The number of carbonyl (C=O) groups is 2. The summed E-state index contributed by atoms with van der Waals surface area (Å²) in [6, 6.07) is 12.6. The Labute approximate surface area is 159 Å². The molecular formula is C22H25N3O2. The Morgan fingerprint density at radius 2 is 1.89 bits per heavy atom. The summed E-state index contributed by atoms with van der Waals surface area (Å²) < 4.78 is 0. The fourth-order valence-corrected chi connectivity index (χ4v) is 3.90. The standard InChI is InChI=1S/C22H25N3O2/c1-13(15-6-8-20-19(10-15)22(3,4)21(27)24-20)23-18-7-5-16-11-25(14(2)26)12-17(16)9-18/h5-10,13,23H,11-12H2,1-4H3,(H,24,27). The molecule has 0 radical (unpaired) electrons. The van der Waals surface area contributed by atoms with Gasteiger partial charge in [-0.05, 0) is 61.2 Å². The number of nitrogens with one attached hydrogen (secondary N) is 2. The third-order valence-electron chi connectivity index (χ3n) is 5.79. The van der Waals surface area contributed by atoms with Gasteiger partial charge in [0.25, 0.3) is 0 Å². The number of nitrogens with zero attached hydrogens (tertiary/aromatic N) is 1. The molecule has 0 aromatic heterocycles. The molecule has 2 aliphatic rings. The van der Waals surface area contributed by atoms with Crippen molar-refractivity contribution in [2.75, 3.05) is 10.6 Å². The van der Waals surface area contributed by atoms with Crippen LogP contribution in [0.2, 0.25) is 0 Å². The van der Waals surface area contributed by atoms with Crippen molar-refractivity contribution in [3.05, 3.63) is 58.7 Å². The first-order chi connectivity index (χ1) is 12.8. The van der Waals surface area contributed by atoms with Gasteiger partial charge in [0, 0.05) is 37.4 Å². The summed E-state index contributed by atoms with van der Waals surface area (Å²) in [5, 5.41) is 6.51. The number of hydrogen-bond donors (Lipinski definition) is 2. The summed E-state index contributed by atoms with van der Waals surface area (Å²) >= 11 is 0. The summed E-state index contributed by atoms with van der Waals surface area (Å²) in [7, 11) is 0. The third kappa shape index (κ3) is 2.97. The highest BCUT2D eigenvalue weighted by Gasteiger charge is 2.38. The van der Waals surface area contributed by atoms with Gasteiger partial charge in [0.05, 0.1) is 5.41 Å². The van der Waals surface area contributed by atoms with Gasteiger partial charge in [0.15, 0.2) is 0 Å². The fourth-order valence-electron chi connectivity index (χ4n) is 3.90. The summed E-state index contributed by atoms with van der Waals surface area (Å²) in [6.07, 6.45) is 0. The van der Waals surface area contributed by atoms with E-state index < -0.39 is 5.41 Å². The van der Waals surface area contributed by atoms with E-state index in [4.69, 9.17) is 0 Å². The molecule has 5 nitrogen and oxygen atoms in total. The van der Waals surface area contributed by atoms with Crippen LogP contribution < -0.4 is 10.6 Å². The van der Waals surface area contributed by atoms with E-state index >= 15 is 0 Å². The zero-order valence-electron chi connectivity index (χ0n) is 16.2. The van der Waals surface area contributed by atoms with Gasteiger partial charge < -0.3 is 15.5 Å². The number of anilines is 2. The van der Waals surface area contributed by atoms with Crippen molar-refractivity contribution in [3.63, 3.8) is 0 Å². The SMILES string of the molecule is CC(=O)N1Cc2ccc(NC(C)c3ccc4c(c3)C(C)(C)C(=O)N4)cc2C1. The maximum Gasteiger partial charge on any atom is 0.234 e. The molecule has 2 heterocycles. The van der Waals surface area contributed by atoms with Crippen molar-refractivity contribution in [1.82, 2.24) is 4.90 Å². The smallest absolute Gasteiger partial charge is 0.234 e. The van der Waals surface area contributed by atoms with E-state index in [1.165, 1.54) is 11.1 Å². The average Bonchev–Trinajstić information content (AvgIpc) is 3.14. The Bertz CT molecular complexity index is 949. The molecule has 27 heavy (non-hydrogen) atoms. The van der Waals surface area contributed by atoms with E-state index in [2.05, 4.69) is 47.9 Å². The van der Waals surface area contributed by atoms with Crippen LogP contribution >= 0.6 is 0 Å². The summed E-state index contributed by atoms with van der Waals surface area (Å²) in [5.41, 5.74) is 6.05. The highest BCUT2D eigenvalue weighted by Crippen LogP contribution is 2.39. The second-order valence-corrected chi connectivity index (χ2v) is 8.11. The molecule has 2 N–H and O–H groups in total. The zero-order valence-corrected chi connectivity index (χ0v) is 16.2. The highest BCUT2D eigenvalue weighted by atomic mass is 16.2. The minimum Gasteiger partial charge on any atom is -0.379 e. The molecule has 140 valence electrons. The molecule has 2 amide bonds. The monoisotopic (exact) mass is 363 g/mol. The minimum absolute atomic E-state index is 0.0453. The van der Waals surface area contributed by atoms with Gasteiger partial charge in [0.1, 0.15) is 0 Å². The Morgan fingerprint density at radius 3 is 2.63 bits per heavy atom. The summed E-state index contributed by atoms with van der Waals surface area (Å²) in [4.78, 5) is 25.6. The minimum atomic E-state index is -0.505. The maximum atomic E-state index is 12.2. The topological polar surface area (TPSA) is 61.4 Å². The maximum absolute atomic E-state index is 12.2. The van der Waals surface area contributed by atoms with Gasteiger partial charge >= 0.3 is 0 Å². The zero-order chi connectivity index (χ0) is 19.3. The number of fused-ring (bicyclic) bond motifs is 2. The van der Waals surface area contributed by atoms with Gasteiger partial charge in [-0.1, -0.05) is 18.2 Å². The Morgan fingerprint density at radius 1 is 1.15 bits per heavy atom. The molecule has 0 bridgehead atoms. The molecule has 1 unspecified atom stereocenters. The van der Waals surface area contributed by atoms with E-state index in [0.29, 0.717) is 13.1 Å². The first kappa shape index (κ1) is 17.6. The van der Waals surface area contributed by atoms with E-state index in [-0.39, 0.29) is 17.9 Å². The average molecular weight is 363 g/mol. The summed E-state index contributed by atoms with van der Waals surface area (Å²) in [5.74, 6) is 0.155. The predicted octanol–water partition coefficient (Wildman–Crippen LogP) is 3.95. The van der Waals surface area contributed by atoms with Crippen molar-refractivity contribution in [3.8, 4) is 0 Å². The molecule has 2 aromatic carbocycles. The van der Waals surface area contributed by atoms with Crippen LogP contribution in [0, 0.1) is 0 Å². The largest absolute Gasteiger partial charge is 0.379 e. The van der Waals surface area contributed by atoms with Crippen LogP contribution in [0.3, 0.4) is 0 Å². The molecule has 5 heteroatoms. The van der Waals surface area contributed by atoms with Crippen LogP contribution in [-0.2, 0) is 28.1 Å². The van der Waals surface area contributed by atoms with Gasteiger partial charge in [-0.2, -0.15) is 0 Å². The van der Waals surface area contributed by atoms with Crippen molar-refractivity contribution in [2.24, 2.45) is 0 Å². The molecule has 1 atom stereocenters. The second kappa shape index (κ2) is 6.12. The normalized spacial score (nSPS) is 17.9. The highest BCUT2D eigenvalue weighted by molar-refractivity contribution is 6.05. The van der Waals surface area contributed by atoms with Crippen LogP contribution in [-0.4, -0.2) is 16.7 Å². The lowest BCUT2D eigenvalue weighted by molar-refractivity contribution is -0.129. The predicted molar refractivity (Wildman–Crippen MR) is 107 cm³/mol. The summed E-state index contributed by atoms with van der Waals surface area (Å²) in [6.45, 7) is 9.02. The number of benzene rings is 2. The molecule has 0 saturated carbocycles. The molecule has 0 saturated heterocycles. The van der Waals surface area contributed by atoms with Crippen LogP contribution in [0.4, 0.5) is 11.4 Å². The Balaban J connectivity index is 1.54. The van der Waals surface area contributed by atoms with Gasteiger partial charge in [-0.3, -0.25) is 9.59 Å².